The fraction of sp³-hybridized carbons (Fsp3) is 0.727. The van der Waals surface area contributed by atoms with Crippen molar-refractivity contribution < 1.29 is 0 Å². The molecule has 0 unspecified atom stereocenters. The highest BCUT2D eigenvalue weighted by atomic mass is 16.1. The molecule has 0 aliphatic heterocycles. The van der Waals surface area contributed by atoms with Crippen LogP contribution in [0.3, 0.4) is 0 Å². The molecule has 2 aliphatic carbocycles. The molecule has 0 saturated heterocycles. The number of H-pyrrole nitrogens is 2. The summed E-state index contributed by atoms with van der Waals surface area (Å²) in [6, 6.07) is 0. The lowest BCUT2D eigenvalue weighted by Gasteiger charge is -2.34. The van der Waals surface area contributed by atoms with Crippen molar-refractivity contribution in [1.82, 2.24) is 10.2 Å². The van der Waals surface area contributed by atoms with Crippen LogP contribution in [0.1, 0.15) is 50.8 Å². The SMILES string of the molecule is CC1(C)[C@@H]2CC[C@@]1(C)c1[nH][nH]c(=O)c12. The Balaban J connectivity index is 2.37. The van der Waals surface area contributed by atoms with E-state index in [0.717, 1.165) is 12.0 Å². The van der Waals surface area contributed by atoms with Crippen molar-refractivity contribution >= 4 is 0 Å². The molecule has 3 nitrogen and oxygen atoms in total. The van der Waals surface area contributed by atoms with E-state index in [-0.39, 0.29) is 16.4 Å². The highest BCUT2D eigenvalue weighted by molar-refractivity contribution is 5.43. The van der Waals surface area contributed by atoms with Crippen LogP contribution in [0.15, 0.2) is 4.79 Å². The van der Waals surface area contributed by atoms with Gasteiger partial charge in [0, 0.05) is 16.7 Å². The largest absolute Gasteiger partial charge is 0.301 e. The lowest BCUT2D eigenvalue weighted by molar-refractivity contribution is 0.225. The van der Waals surface area contributed by atoms with Crippen molar-refractivity contribution in [2.75, 3.05) is 0 Å². The topological polar surface area (TPSA) is 48.6 Å². The van der Waals surface area contributed by atoms with Crippen molar-refractivity contribution in [3.8, 4) is 0 Å². The minimum atomic E-state index is 0.0986. The number of hydrogen-bond acceptors (Lipinski definition) is 1. The molecule has 2 aliphatic rings. The molecule has 0 spiro atoms. The fourth-order valence-electron chi connectivity index (χ4n) is 3.59. The first-order valence-corrected chi connectivity index (χ1v) is 5.29. The molecule has 76 valence electrons. The van der Waals surface area contributed by atoms with Crippen LogP contribution in [0, 0.1) is 5.41 Å². The second kappa shape index (κ2) is 2.00. The molecule has 1 heterocycles. The van der Waals surface area contributed by atoms with Crippen molar-refractivity contribution in [3.63, 3.8) is 0 Å². The molecule has 2 bridgehead atoms. The van der Waals surface area contributed by atoms with Crippen LogP contribution in [0.5, 0.6) is 0 Å². The molecule has 0 amide bonds. The van der Waals surface area contributed by atoms with Crippen molar-refractivity contribution in [2.24, 2.45) is 5.41 Å². The third-order valence-corrected chi connectivity index (χ3v) is 4.94. The zero-order valence-corrected chi connectivity index (χ0v) is 8.90. The lowest BCUT2D eigenvalue weighted by atomic mass is 9.70. The number of nitrogens with one attached hydrogen (secondary N) is 2. The van der Waals surface area contributed by atoms with Crippen molar-refractivity contribution in [3.05, 3.63) is 21.6 Å². The standard InChI is InChI=1S/C11H16N2O/c1-10(2)6-4-5-11(10,3)8-7(6)9(14)13-12-8/h6H,4-5H2,1-3H3,(H2,12,13,14)/t6-,11+/m1/s1. The Morgan fingerprint density at radius 1 is 1.29 bits per heavy atom. The summed E-state index contributed by atoms with van der Waals surface area (Å²) < 4.78 is 0. The van der Waals surface area contributed by atoms with E-state index in [1.54, 1.807) is 0 Å². The van der Waals surface area contributed by atoms with Gasteiger partial charge in [0.15, 0.2) is 0 Å². The number of hydrogen-bond donors (Lipinski definition) is 2. The fourth-order valence-corrected chi connectivity index (χ4v) is 3.59. The Labute approximate surface area is 82.9 Å². The van der Waals surface area contributed by atoms with Crippen molar-refractivity contribution in [1.29, 1.82) is 0 Å². The van der Waals surface area contributed by atoms with E-state index < -0.39 is 0 Å². The number of rotatable bonds is 0. The van der Waals surface area contributed by atoms with E-state index in [1.165, 1.54) is 12.1 Å². The molecule has 1 saturated carbocycles. The monoisotopic (exact) mass is 192 g/mol. The highest BCUT2D eigenvalue weighted by Gasteiger charge is 2.61. The molecule has 1 fully saturated rings. The molecular weight excluding hydrogens is 176 g/mol. The molecule has 1 aromatic heterocycles. The van der Waals surface area contributed by atoms with E-state index in [2.05, 4.69) is 31.0 Å². The predicted octanol–water partition coefficient (Wildman–Crippen LogP) is 1.88. The zero-order chi connectivity index (χ0) is 10.1. The molecule has 3 rings (SSSR count). The molecular formula is C11H16N2O. The Bertz CT molecular complexity index is 454. The van der Waals surface area contributed by atoms with E-state index >= 15 is 0 Å². The van der Waals surface area contributed by atoms with Gasteiger partial charge in [-0.25, -0.2) is 0 Å². The molecule has 3 heteroatoms. The Hall–Kier alpha value is -0.990. The van der Waals surface area contributed by atoms with Gasteiger partial charge in [-0.3, -0.25) is 9.89 Å². The average Bonchev–Trinajstić information content (AvgIpc) is 2.63. The first kappa shape index (κ1) is 8.33. The first-order chi connectivity index (χ1) is 6.48. The average molecular weight is 192 g/mol. The molecule has 0 radical (unpaired) electrons. The van der Waals surface area contributed by atoms with Crippen LogP contribution in [0.2, 0.25) is 0 Å². The van der Waals surface area contributed by atoms with E-state index in [4.69, 9.17) is 0 Å². The second-order valence-corrected chi connectivity index (χ2v) is 5.51. The van der Waals surface area contributed by atoms with Crippen LogP contribution in [-0.4, -0.2) is 10.2 Å². The van der Waals surface area contributed by atoms with Crippen LogP contribution in [0.4, 0.5) is 0 Å². The summed E-state index contributed by atoms with van der Waals surface area (Å²) in [6.45, 7) is 6.86. The van der Waals surface area contributed by atoms with Gasteiger partial charge < -0.3 is 5.10 Å². The third-order valence-electron chi connectivity index (χ3n) is 4.94. The van der Waals surface area contributed by atoms with Gasteiger partial charge >= 0.3 is 0 Å². The van der Waals surface area contributed by atoms with E-state index in [9.17, 15) is 4.79 Å². The van der Waals surface area contributed by atoms with Crippen molar-refractivity contribution in [2.45, 2.75) is 44.9 Å². The quantitative estimate of drug-likeness (QED) is 0.647. The summed E-state index contributed by atoms with van der Waals surface area (Å²) >= 11 is 0. The van der Waals surface area contributed by atoms with Gasteiger partial charge in [-0.15, -0.1) is 0 Å². The van der Waals surface area contributed by atoms with Gasteiger partial charge in [0.1, 0.15) is 0 Å². The Kier molecular flexibility index (Phi) is 1.19. The maximum atomic E-state index is 11.6. The molecule has 0 aromatic carbocycles. The van der Waals surface area contributed by atoms with E-state index in [0.29, 0.717) is 5.92 Å². The zero-order valence-electron chi connectivity index (χ0n) is 8.90. The van der Waals surface area contributed by atoms with Crippen LogP contribution in [0.25, 0.3) is 0 Å². The lowest BCUT2D eigenvalue weighted by Crippen LogP contribution is -2.32. The van der Waals surface area contributed by atoms with Crippen LogP contribution < -0.4 is 5.56 Å². The van der Waals surface area contributed by atoms with Crippen LogP contribution >= 0.6 is 0 Å². The van der Waals surface area contributed by atoms with Gasteiger partial charge in [0.2, 0.25) is 0 Å². The summed E-state index contributed by atoms with van der Waals surface area (Å²) in [4.78, 5) is 11.6. The summed E-state index contributed by atoms with van der Waals surface area (Å²) in [7, 11) is 0. The minimum absolute atomic E-state index is 0.0986. The van der Waals surface area contributed by atoms with Gasteiger partial charge in [0.05, 0.1) is 0 Å². The molecule has 2 atom stereocenters. The Morgan fingerprint density at radius 3 is 2.64 bits per heavy atom. The number of fused-ring (bicyclic) bond motifs is 5. The molecule has 1 aromatic rings. The maximum absolute atomic E-state index is 11.6. The molecule has 2 N–H and O–H groups in total. The number of aromatic nitrogens is 2. The summed E-state index contributed by atoms with van der Waals surface area (Å²) in [5.74, 6) is 0.456. The van der Waals surface area contributed by atoms with Gasteiger partial charge in [-0.1, -0.05) is 20.8 Å². The van der Waals surface area contributed by atoms with E-state index in [1.807, 2.05) is 0 Å². The summed E-state index contributed by atoms with van der Waals surface area (Å²) in [5, 5.41) is 5.80. The second-order valence-electron chi connectivity index (χ2n) is 5.51. The van der Waals surface area contributed by atoms with Gasteiger partial charge in [0.25, 0.3) is 5.56 Å². The Morgan fingerprint density at radius 2 is 2.00 bits per heavy atom. The minimum Gasteiger partial charge on any atom is -0.301 e. The summed E-state index contributed by atoms with van der Waals surface area (Å²) in [5.41, 5.74) is 2.71. The first-order valence-electron chi connectivity index (χ1n) is 5.29. The van der Waals surface area contributed by atoms with Crippen LogP contribution in [-0.2, 0) is 5.41 Å². The molecule has 14 heavy (non-hydrogen) atoms. The number of aromatic amines is 2. The maximum Gasteiger partial charge on any atom is 0.267 e. The van der Waals surface area contributed by atoms with Gasteiger partial charge in [-0.2, -0.15) is 0 Å². The third kappa shape index (κ3) is 0.596. The normalized spacial score (nSPS) is 37.5. The smallest absolute Gasteiger partial charge is 0.267 e. The summed E-state index contributed by atoms with van der Waals surface area (Å²) in [6.07, 6.45) is 2.36. The predicted molar refractivity (Wildman–Crippen MR) is 54.5 cm³/mol. The highest BCUT2D eigenvalue weighted by Crippen LogP contribution is 2.66. The van der Waals surface area contributed by atoms with Gasteiger partial charge in [-0.05, 0) is 24.2 Å².